The van der Waals surface area contributed by atoms with E-state index in [0.29, 0.717) is 30.6 Å². The summed E-state index contributed by atoms with van der Waals surface area (Å²) in [6.07, 6.45) is 3.45. The van der Waals surface area contributed by atoms with Gasteiger partial charge < -0.3 is 19.9 Å². The molecule has 6 nitrogen and oxygen atoms in total. The van der Waals surface area contributed by atoms with Crippen LogP contribution in [0.3, 0.4) is 0 Å². The van der Waals surface area contributed by atoms with Crippen molar-refractivity contribution in [3.8, 4) is 11.8 Å². The molecule has 0 bridgehead atoms. The van der Waals surface area contributed by atoms with E-state index in [1.165, 1.54) is 6.07 Å². The molecule has 148 valence electrons. The zero-order chi connectivity index (χ0) is 20.1. The van der Waals surface area contributed by atoms with Gasteiger partial charge in [-0.15, -0.1) is 0 Å². The molecule has 6 heteroatoms. The summed E-state index contributed by atoms with van der Waals surface area (Å²) >= 11 is 0. The highest BCUT2D eigenvalue weighted by atomic mass is 16.4. The van der Waals surface area contributed by atoms with Crippen molar-refractivity contribution in [2.75, 3.05) is 11.9 Å². The van der Waals surface area contributed by atoms with Crippen LogP contribution in [0.15, 0.2) is 40.8 Å². The molecule has 0 saturated heterocycles. The third-order valence-electron chi connectivity index (χ3n) is 5.81. The lowest BCUT2D eigenvalue weighted by molar-refractivity contribution is 0.0660. The number of hydrogen-bond acceptors (Lipinski definition) is 5. The van der Waals surface area contributed by atoms with Crippen molar-refractivity contribution >= 4 is 11.7 Å². The van der Waals surface area contributed by atoms with Gasteiger partial charge in [0.05, 0.1) is 12.0 Å². The van der Waals surface area contributed by atoms with Crippen molar-refractivity contribution in [1.29, 1.82) is 5.26 Å². The predicted molar refractivity (Wildman–Crippen MR) is 105 cm³/mol. The van der Waals surface area contributed by atoms with E-state index in [2.05, 4.69) is 18.3 Å². The van der Waals surface area contributed by atoms with Gasteiger partial charge in [-0.1, -0.05) is 13.0 Å². The van der Waals surface area contributed by atoms with Crippen molar-refractivity contribution in [1.82, 2.24) is 0 Å². The Kier molecular flexibility index (Phi) is 6.25. The lowest BCUT2D eigenvalue weighted by Crippen LogP contribution is -2.25. The molecule has 1 aliphatic rings. The van der Waals surface area contributed by atoms with Crippen LogP contribution in [0.5, 0.6) is 5.75 Å². The minimum atomic E-state index is -1.05. The third-order valence-corrected chi connectivity index (χ3v) is 5.81. The number of hydrogen-bond donors (Lipinski definition) is 3. The van der Waals surface area contributed by atoms with E-state index in [-0.39, 0.29) is 23.3 Å². The fourth-order valence-electron chi connectivity index (χ4n) is 4.40. The zero-order valence-corrected chi connectivity index (χ0v) is 16.0. The van der Waals surface area contributed by atoms with Crippen molar-refractivity contribution in [3.63, 3.8) is 0 Å². The summed E-state index contributed by atoms with van der Waals surface area (Å²) in [7, 11) is 0. The molecule has 0 amide bonds. The number of furan rings is 1. The highest BCUT2D eigenvalue weighted by Crippen LogP contribution is 2.44. The molecule has 1 saturated carbocycles. The van der Waals surface area contributed by atoms with Gasteiger partial charge in [0, 0.05) is 24.7 Å². The number of rotatable bonds is 8. The van der Waals surface area contributed by atoms with Crippen LogP contribution in [0, 0.1) is 35.0 Å². The fourth-order valence-corrected chi connectivity index (χ4v) is 4.40. The normalized spacial score (nSPS) is 24.0. The number of carbonyl (C=O) groups is 1. The van der Waals surface area contributed by atoms with Crippen LogP contribution in [0.2, 0.25) is 0 Å². The molecule has 1 aromatic carbocycles. The molecular weight excluding hydrogens is 356 g/mol. The zero-order valence-electron chi connectivity index (χ0n) is 16.0. The molecule has 3 N–H and O–H groups in total. The molecule has 0 aliphatic heterocycles. The Morgan fingerprint density at radius 1 is 1.32 bits per heavy atom. The van der Waals surface area contributed by atoms with Gasteiger partial charge in [-0.05, 0) is 61.3 Å². The Morgan fingerprint density at radius 3 is 2.82 bits per heavy atom. The first-order valence-corrected chi connectivity index (χ1v) is 9.72. The summed E-state index contributed by atoms with van der Waals surface area (Å²) < 4.78 is 5.33. The van der Waals surface area contributed by atoms with E-state index < -0.39 is 5.97 Å². The number of nitrogens with one attached hydrogen (secondary N) is 1. The Morgan fingerprint density at radius 2 is 2.14 bits per heavy atom. The highest BCUT2D eigenvalue weighted by molar-refractivity contribution is 5.84. The number of aromatic hydroxyl groups is 1. The highest BCUT2D eigenvalue weighted by Gasteiger charge is 2.40. The number of benzene rings is 1. The molecule has 1 aliphatic carbocycles. The molecule has 0 radical (unpaired) electrons. The van der Waals surface area contributed by atoms with Gasteiger partial charge in [-0.2, -0.15) is 5.26 Å². The molecule has 1 fully saturated rings. The number of phenolic OH excluding ortho intramolecular Hbond substituents is 1. The summed E-state index contributed by atoms with van der Waals surface area (Å²) in [5.41, 5.74) is 0.853. The average molecular weight is 382 g/mol. The summed E-state index contributed by atoms with van der Waals surface area (Å²) in [6.45, 7) is 2.90. The van der Waals surface area contributed by atoms with Gasteiger partial charge in [-0.3, -0.25) is 0 Å². The molecule has 1 heterocycles. The van der Waals surface area contributed by atoms with Crippen LogP contribution in [0.4, 0.5) is 5.69 Å². The first kappa shape index (κ1) is 19.8. The molecule has 28 heavy (non-hydrogen) atoms. The number of aryl methyl sites for hydroxylation is 1. The summed E-state index contributed by atoms with van der Waals surface area (Å²) in [5.74, 6) is 0.981. The second kappa shape index (κ2) is 8.83. The van der Waals surface area contributed by atoms with Gasteiger partial charge in [0.25, 0.3) is 0 Å². The number of phenols is 1. The maximum absolute atomic E-state index is 10.9. The number of aromatic carboxylic acids is 1. The van der Waals surface area contributed by atoms with Gasteiger partial charge >= 0.3 is 5.97 Å². The van der Waals surface area contributed by atoms with Gasteiger partial charge in [0.2, 0.25) is 5.76 Å². The largest absolute Gasteiger partial charge is 0.508 e. The molecule has 4 atom stereocenters. The van der Waals surface area contributed by atoms with Gasteiger partial charge in [0.15, 0.2) is 0 Å². The quantitative estimate of drug-likeness (QED) is 0.619. The van der Waals surface area contributed by atoms with E-state index in [4.69, 9.17) is 9.52 Å². The lowest BCUT2D eigenvalue weighted by atomic mass is 9.83. The van der Waals surface area contributed by atoms with E-state index in [1.807, 2.05) is 6.07 Å². The van der Waals surface area contributed by atoms with Crippen LogP contribution in [0.25, 0.3) is 0 Å². The Hall–Kier alpha value is -2.94. The Balaban J connectivity index is 1.58. The first-order chi connectivity index (χ1) is 13.5. The number of nitrogens with zero attached hydrogens (tertiary/aromatic N) is 1. The van der Waals surface area contributed by atoms with Crippen LogP contribution in [0.1, 0.15) is 42.5 Å². The second-order valence-electron chi connectivity index (χ2n) is 7.67. The summed E-state index contributed by atoms with van der Waals surface area (Å²) in [6, 6.07) is 12.7. The van der Waals surface area contributed by atoms with E-state index in [9.17, 15) is 15.2 Å². The van der Waals surface area contributed by atoms with Crippen LogP contribution >= 0.6 is 0 Å². The Labute approximate surface area is 164 Å². The van der Waals surface area contributed by atoms with Crippen LogP contribution in [-0.4, -0.2) is 22.7 Å². The number of carboxylic acid groups (broad SMARTS) is 1. The average Bonchev–Trinajstić information content (AvgIpc) is 3.25. The number of nitriles is 1. The minimum Gasteiger partial charge on any atom is -0.508 e. The minimum absolute atomic E-state index is 0.0204. The molecule has 0 spiro atoms. The van der Waals surface area contributed by atoms with Crippen molar-refractivity contribution in [3.05, 3.63) is 47.9 Å². The smallest absolute Gasteiger partial charge is 0.371 e. The first-order valence-electron chi connectivity index (χ1n) is 9.72. The van der Waals surface area contributed by atoms with Crippen molar-refractivity contribution < 1.29 is 19.4 Å². The molecular formula is C22H26N2O4. The monoisotopic (exact) mass is 382 g/mol. The summed E-state index contributed by atoms with van der Waals surface area (Å²) in [5, 5.41) is 31.5. The van der Waals surface area contributed by atoms with E-state index in [0.717, 1.165) is 24.9 Å². The molecule has 2 aromatic rings. The van der Waals surface area contributed by atoms with Crippen molar-refractivity contribution in [2.24, 2.45) is 23.7 Å². The van der Waals surface area contributed by atoms with Gasteiger partial charge in [0.1, 0.15) is 11.5 Å². The predicted octanol–water partition coefficient (Wildman–Crippen LogP) is 4.53. The standard InChI is InChI=1S/C22H26N2O4/c1-14-10-15(12-23)20(13-24-16-4-2-5-17(25)11-16)19(14)7-3-6-18-8-9-21(28-18)22(26)27/h2,4-5,8-9,11,14-15,19-20,24-25H,3,6-7,10,13H2,1H3,(H,26,27)/t14?,15?,19-,20-/m0/s1. The van der Waals surface area contributed by atoms with Crippen molar-refractivity contribution in [2.45, 2.75) is 32.6 Å². The van der Waals surface area contributed by atoms with Gasteiger partial charge in [-0.25, -0.2) is 4.79 Å². The van der Waals surface area contributed by atoms with E-state index >= 15 is 0 Å². The summed E-state index contributed by atoms with van der Waals surface area (Å²) in [4.78, 5) is 10.9. The van der Waals surface area contributed by atoms with E-state index in [1.54, 1.807) is 24.3 Å². The second-order valence-corrected chi connectivity index (χ2v) is 7.67. The maximum Gasteiger partial charge on any atom is 0.371 e. The SMILES string of the molecule is CC1CC(C#N)[C@H](CNc2cccc(O)c2)[C@H]1CCCc1ccc(C(=O)O)o1. The number of anilines is 1. The van der Waals surface area contributed by atoms with Crippen LogP contribution in [-0.2, 0) is 6.42 Å². The van der Waals surface area contributed by atoms with Crippen LogP contribution < -0.4 is 5.32 Å². The molecule has 2 unspecified atom stereocenters. The molecule has 3 rings (SSSR count). The topological polar surface area (TPSA) is 106 Å². The third kappa shape index (κ3) is 4.66. The fraction of sp³-hybridized carbons (Fsp3) is 0.455. The molecule has 1 aromatic heterocycles. The maximum atomic E-state index is 10.9. The number of carboxylic acids is 1. The Bertz CT molecular complexity index is 854. The lowest BCUT2D eigenvalue weighted by Gasteiger charge is -2.25.